The molecule has 2 nitrogen and oxygen atoms in total. The Bertz CT molecular complexity index is 816. The molecular formula is C16H9ClF3NO. The number of halogens is 4. The molecule has 0 saturated carbocycles. The number of aromatic nitrogens is 1. The summed E-state index contributed by atoms with van der Waals surface area (Å²) in [5.41, 5.74) is -0.717. The van der Waals surface area contributed by atoms with Crippen molar-refractivity contribution in [2.45, 2.75) is 6.18 Å². The van der Waals surface area contributed by atoms with Crippen LogP contribution in [0.4, 0.5) is 13.2 Å². The summed E-state index contributed by atoms with van der Waals surface area (Å²) < 4.78 is 43.1. The normalized spacial score (nSPS) is 11.6. The molecule has 0 saturated heterocycles. The number of nitrogens with zero attached hydrogens (tertiary/aromatic N) is 1. The first kappa shape index (κ1) is 14.7. The van der Waals surface area contributed by atoms with Gasteiger partial charge in [0.15, 0.2) is 0 Å². The van der Waals surface area contributed by atoms with Gasteiger partial charge in [-0.05, 0) is 47.9 Å². The summed E-state index contributed by atoms with van der Waals surface area (Å²) in [7, 11) is 0. The third-order valence-electron chi connectivity index (χ3n) is 3.11. The highest BCUT2D eigenvalue weighted by molar-refractivity contribution is 6.34. The molecule has 112 valence electrons. The predicted octanol–water partition coefficient (Wildman–Crippen LogP) is 5.70. The monoisotopic (exact) mass is 323 g/mol. The fraction of sp³-hybridized carbons (Fsp3) is 0.0625. The predicted molar refractivity (Wildman–Crippen MR) is 78.3 cm³/mol. The van der Waals surface area contributed by atoms with Crippen LogP contribution in [0.5, 0.6) is 11.5 Å². The summed E-state index contributed by atoms with van der Waals surface area (Å²) in [5.74, 6) is 0.787. The zero-order chi connectivity index (χ0) is 15.7. The molecule has 2 aromatic carbocycles. The lowest BCUT2D eigenvalue weighted by Crippen LogP contribution is -2.03. The van der Waals surface area contributed by atoms with E-state index in [2.05, 4.69) is 4.98 Å². The van der Waals surface area contributed by atoms with Crippen molar-refractivity contribution in [1.29, 1.82) is 0 Å². The number of pyridine rings is 1. The van der Waals surface area contributed by atoms with Crippen LogP contribution in [0, 0.1) is 0 Å². The van der Waals surface area contributed by atoms with Crippen LogP contribution >= 0.6 is 11.6 Å². The fourth-order valence-electron chi connectivity index (χ4n) is 2.02. The topological polar surface area (TPSA) is 22.1 Å². The minimum Gasteiger partial charge on any atom is -0.457 e. The standard InChI is InChI=1S/C16H9ClF3NO/c17-15-14-9-13(4-1-10(14)7-8-21-15)22-12-5-2-11(3-6-12)16(18,19)20/h1-9H. The van der Waals surface area contributed by atoms with E-state index in [-0.39, 0.29) is 0 Å². The Morgan fingerprint density at radius 3 is 2.27 bits per heavy atom. The average molecular weight is 324 g/mol. The van der Waals surface area contributed by atoms with E-state index in [1.165, 1.54) is 12.1 Å². The minimum atomic E-state index is -4.36. The maximum Gasteiger partial charge on any atom is 0.416 e. The maximum atomic E-state index is 12.5. The Labute approximate surface area is 129 Å². The highest BCUT2D eigenvalue weighted by Crippen LogP contribution is 2.32. The van der Waals surface area contributed by atoms with Crippen molar-refractivity contribution in [2.24, 2.45) is 0 Å². The van der Waals surface area contributed by atoms with E-state index in [0.717, 1.165) is 17.5 Å². The number of rotatable bonds is 2. The lowest BCUT2D eigenvalue weighted by Gasteiger charge is -2.09. The highest BCUT2D eigenvalue weighted by Gasteiger charge is 2.30. The van der Waals surface area contributed by atoms with Crippen molar-refractivity contribution in [3.63, 3.8) is 0 Å². The van der Waals surface area contributed by atoms with Crippen LogP contribution < -0.4 is 4.74 Å². The van der Waals surface area contributed by atoms with Crippen molar-refractivity contribution in [1.82, 2.24) is 4.98 Å². The van der Waals surface area contributed by atoms with Gasteiger partial charge in [-0.1, -0.05) is 17.7 Å². The number of hydrogen-bond donors (Lipinski definition) is 0. The van der Waals surface area contributed by atoms with Crippen LogP contribution in [0.2, 0.25) is 5.15 Å². The molecule has 3 rings (SSSR count). The van der Waals surface area contributed by atoms with E-state index in [9.17, 15) is 13.2 Å². The van der Waals surface area contributed by atoms with E-state index < -0.39 is 11.7 Å². The van der Waals surface area contributed by atoms with Gasteiger partial charge in [-0.25, -0.2) is 4.98 Å². The molecule has 0 radical (unpaired) electrons. The summed E-state index contributed by atoms with van der Waals surface area (Å²) in [6.07, 6.45) is -2.76. The lowest BCUT2D eigenvalue weighted by atomic mass is 10.1. The molecule has 0 aliphatic rings. The molecule has 6 heteroatoms. The molecule has 0 amide bonds. The summed E-state index contributed by atoms with van der Waals surface area (Å²) in [4.78, 5) is 3.98. The van der Waals surface area contributed by atoms with Crippen molar-refractivity contribution in [2.75, 3.05) is 0 Å². The molecule has 3 aromatic rings. The van der Waals surface area contributed by atoms with Gasteiger partial charge in [-0.15, -0.1) is 0 Å². The average Bonchev–Trinajstić information content (AvgIpc) is 2.48. The second kappa shape index (κ2) is 5.50. The van der Waals surface area contributed by atoms with Gasteiger partial charge in [0.25, 0.3) is 0 Å². The van der Waals surface area contributed by atoms with Gasteiger partial charge < -0.3 is 4.74 Å². The van der Waals surface area contributed by atoms with Crippen molar-refractivity contribution in [3.05, 3.63) is 65.4 Å². The van der Waals surface area contributed by atoms with Gasteiger partial charge in [0.05, 0.1) is 5.56 Å². The molecule has 0 atom stereocenters. The molecular weight excluding hydrogens is 315 g/mol. The molecule has 1 heterocycles. The van der Waals surface area contributed by atoms with Gasteiger partial charge in [-0.2, -0.15) is 13.2 Å². The highest BCUT2D eigenvalue weighted by atomic mass is 35.5. The first-order valence-electron chi connectivity index (χ1n) is 6.33. The molecule has 0 fully saturated rings. The summed E-state index contributed by atoms with van der Waals surface area (Å²) >= 11 is 6.01. The van der Waals surface area contributed by atoms with E-state index in [0.29, 0.717) is 22.0 Å². The number of hydrogen-bond acceptors (Lipinski definition) is 2. The molecule has 22 heavy (non-hydrogen) atoms. The Kier molecular flexibility index (Phi) is 3.66. The Balaban J connectivity index is 1.88. The first-order chi connectivity index (χ1) is 10.4. The third-order valence-corrected chi connectivity index (χ3v) is 3.41. The van der Waals surface area contributed by atoms with Gasteiger partial charge in [-0.3, -0.25) is 0 Å². The zero-order valence-corrected chi connectivity index (χ0v) is 11.8. The lowest BCUT2D eigenvalue weighted by molar-refractivity contribution is -0.137. The number of alkyl halides is 3. The molecule has 0 aliphatic carbocycles. The summed E-state index contributed by atoms with van der Waals surface area (Å²) in [5, 5.41) is 1.96. The molecule has 1 aromatic heterocycles. The van der Waals surface area contributed by atoms with Crippen LogP contribution in [0.1, 0.15) is 5.56 Å². The number of benzene rings is 2. The zero-order valence-electron chi connectivity index (χ0n) is 11.1. The molecule has 0 N–H and O–H groups in total. The Morgan fingerprint density at radius 1 is 0.909 bits per heavy atom. The molecule has 0 bridgehead atoms. The first-order valence-corrected chi connectivity index (χ1v) is 6.71. The maximum absolute atomic E-state index is 12.5. The van der Waals surface area contributed by atoms with Crippen LogP contribution in [0.25, 0.3) is 10.8 Å². The SMILES string of the molecule is FC(F)(F)c1ccc(Oc2ccc3ccnc(Cl)c3c2)cc1. The Hall–Kier alpha value is -2.27. The number of fused-ring (bicyclic) bond motifs is 1. The molecule has 0 aliphatic heterocycles. The van der Waals surface area contributed by atoms with Crippen LogP contribution in [0.3, 0.4) is 0 Å². The second-order valence-electron chi connectivity index (χ2n) is 4.61. The summed E-state index contributed by atoms with van der Waals surface area (Å²) in [6, 6.07) is 11.5. The fourth-order valence-corrected chi connectivity index (χ4v) is 2.24. The van der Waals surface area contributed by atoms with Gasteiger partial charge in [0, 0.05) is 11.6 Å². The quantitative estimate of drug-likeness (QED) is 0.564. The summed E-state index contributed by atoms with van der Waals surface area (Å²) in [6.45, 7) is 0. The van der Waals surface area contributed by atoms with Crippen molar-refractivity contribution < 1.29 is 17.9 Å². The van der Waals surface area contributed by atoms with E-state index >= 15 is 0 Å². The van der Waals surface area contributed by atoms with Gasteiger partial charge in [0.2, 0.25) is 0 Å². The minimum absolute atomic E-state index is 0.312. The second-order valence-corrected chi connectivity index (χ2v) is 4.97. The number of ether oxygens (including phenoxy) is 1. The third kappa shape index (κ3) is 2.99. The van der Waals surface area contributed by atoms with Crippen LogP contribution in [0.15, 0.2) is 54.7 Å². The van der Waals surface area contributed by atoms with Gasteiger partial charge >= 0.3 is 6.18 Å². The smallest absolute Gasteiger partial charge is 0.416 e. The Morgan fingerprint density at radius 2 is 1.59 bits per heavy atom. The van der Waals surface area contributed by atoms with Crippen molar-refractivity contribution in [3.8, 4) is 11.5 Å². The van der Waals surface area contributed by atoms with Crippen molar-refractivity contribution >= 4 is 22.4 Å². The molecule has 0 unspecified atom stereocenters. The van der Waals surface area contributed by atoms with E-state index in [1.807, 2.05) is 12.1 Å². The van der Waals surface area contributed by atoms with E-state index in [1.54, 1.807) is 18.3 Å². The van der Waals surface area contributed by atoms with Crippen LogP contribution in [-0.4, -0.2) is 4.98 Å². The largest absolute Gasteiger partial charge is 0.457 e. The van der Waals surface area contributed by atoms with E-state index in [4.69, 9.17) is 16.3 Å². The van der Waals surface area contributed by atoms with Crippen LogP contribution in [-0.2, 0) is 6.18 Å². The van der Waals surface area contributed by atoms with Gasteiger partial charge in [0.1, 0.15) is 16.7 Å². The molecule has 0 spiro atoms.